The zero-order valence-electron chi connectivity index (χ0n) is 10.3. The summed E-state index contributed by atoms with van der Waals surface area (Å²) in [4.78, 5) is 0. The Kier molecular flexibility index (Phi) is 1.74. The van der Waals surface area contributed by atoms with Gasteiger partial charge < -0.3 is 4.40 Å². The standard InChI is InChI=1S/C17H11NS/c1-2-6-13-12(5-1)14-7-3-4-11-10-19-16-9-8-15(13)18(16)17(11)14/h1-9H,10H2. The minimum atomic E-state index is 1.08. The quantitative estimate of drug-likeness (QED) is 0.409. The number of nitrogens with zero attached hydrogens (tertiary/aromatic N) is 1. The number of benzene rings is 2. The summed E-state index contributed by atoms with van der Waals surface area (Å²) < 4.78 is 2.43. The Morgan fingerprint density at radius 3 is 2.58 bits per heavy atom. The van der Waals surface area contributed by atoms with Gasteiger partial charge in [0, 0.05) is 16.5 Å². The molecular weight excluding hydrogens is 250 g/mol. The maximum Gasteiger partial charge on any atom is 0.0802 e. The van der Waals surface area contributed by atoms with E-state index in [0.29, 0.717) is 0 Å². The molecule has 0 spiro atoms. The molecule has 2 heteroatoms. The highest BCUT2D eigenvalue weighted by Crippen LogP contribution is 2.40. The molecule has 0 fully saturated rings. The first-order chi connectivity index (χ1) is 9.43. The molecule has 2 aromatic heterocycles. The first-order valence-corrected chi connectivity index (χ1v) is 7.48. The fraction of sp³-hybridized carbons (Fsp3) is 0.0588. The SMILES string of the molecule is c1ccc2c(c1)c1cccc3c1n1c(ccc21)SC3. The predicted octanol–water partition coefficient (Wildman–Crippen LogP) is 4.85. The highest BCUT2D eigenvalue weighted by molar-refractivity contribution is 7.98. The Morgan fingerprint density at radius 2 is 1.63 bits per heavy atom. The first kappa shape index (κ1) is 9.93. The molecule has 0 unspecified atom stereocenters. The summed E-state index contributed by atoms with van der Waals surface area (Å²) in [6.45, 7) is 0. The molecule has 0 saturated heterocycles. The van der Waals surface area contributed by atoms with Gasteiger partial charge in [-0.3, -0.25) is 0 Å². The number of fused-ring (bicyclic) bond motifs is 3. The molecule has 5 rings (SSSR count). The van der Waals surface area contributed by atoms with Crippen molar-refractivity contribution in [3.8, 4) is 0 Å². The number of rotatable bonds is 0. The van der Waals surface area contributed by atoms with Crippen molar-refractivity contribution in [1.82, 2.24) is 4.40 Å². The van der Waals surface area contributed by atoms with Crippen molar-refractivity contribution in [1.29, 1.82) is 0 Å². The van der Waals surface area contributed by atoms with E-state index in [-0.39, 0.29) is 0 Å². The third-order valence-electron chi connectivity index (χ3n) is 4.06. The lowest BCUT2D eigenvalue weighted by atomic mass is 10.0. The monoisotopic (exact) mass is 261 g/mol. The third kappa shape index (κ3) is 1.13. The summed E-state index contributed by atoms with van der Waals surface area (Å²) in [5.74, 6) is 1.08. The Balaban J connectivity index is 2.27. The van der Waals surface area contributed by atoms with Gasteiger partial charge in [0.2, 0.25) is 0 Å². The van der Waals surface area contributed by atoms with Gasteiger partial charge in [0.25, 0.3) is 0 Å². The lowest BCUT2D eigenvalue weighted by Gasteiger charge is -2.18. The Labute approximate surface area is 114 Å². The summed E-state index contributed by atoms with van der Waals surface area (Å²) in [6.07, 6.45) is 0. The zero-order valence-corrected chi connectivity index (χ0v) is 11.1. The Bertz CT molecular complexity index is 965. The number of aromatic nitrogens is 1. The summed E-state index contributed by atoms with van der Waals surface area (Å²) in [5.41, 5.74) is 4.18. The fourth-order valence-electron chi connectivity index (χ4n) is 3.25. The number of thioether (sulfide) groups is 1. The number of hydrogen-bond donors (Lipinski definition) is 0. The van der Waals surface area contributed by atoms with E-state index in [0.717, 1.165) is 5.75 Å². The van der Waals surface area contributed by atoms with Crippen LogP contribution in [0.4, 0.5) is 0 Å². The minimum Gasteiger partial charge on any atom is -0.303 e. The lowest BCUT2D eigenvalue weighted by Crippen LogP contribution is -2.00. The van der Waals surface area contributed by atoms with Crippen LogP contribution in [-0.4, -0.2) is 4.40 Å². The average molecular weight is 261 g/mol. The zero-order chi connectivity index (χ0) is 12.4. The molecule has 0 bridgehead atoms. The highest BCUT2D eigenvalue weighted by atomic mass is 32.2. The summed E-state index contributed by atoms with van der Waals surface area (Å²) >= 11 is 1.93. The van der Waals surface area contributed by atoms with Crippen LogP contribution in [0.2, 0.25) is 0 Å². The van der Waals surface area contributed by atoms with E-state index >= 15 is 0 Å². The number of hydrogen-bond acceptors (Lipinski definition) is 1. The number of pyridine rings is 1. The van der Waals surface area contributed by atoms with Gasteiger partial charge in [0.1, 0.15) is 0 Å². The Hall–Kier alpha value is -1.93. The van der Waals surface area contributed by atoms with Gasteiger partial charge >= 0.3 is 0 Å². The van der Waals surface area contributed by atoms with Crippen LogP contribution < -0.4 is 0 Å². The normalized spacial score (nSPS) is 13.9. The lowest BCUT2D eigenvalue weighted by molar-refractivity contribution is 1.08. The van der Waals surface area contributed by atoms with Crippen LogP contribution >= 0.6 is 11.8 Å². The van der Waals surface area contributed by atoms with Gasteiger partial charge in [-0.25, -0.2) is 0 Å². The van der Waals surface area contributed by atoms with Crippen LogP contribution in [0, 0.1) is 0 Å². The molecule has 0 saturated carbocycles. The van der Waals surface area contributed by atoms with E-state index in [1.165, 1.54) is 37.8 Å². The van der Waals surface area contributed by atoms with Crippen molar-refractivity contribution in [3.05, 3.63) is 60.2 Å². The maximum absolute atomic E-state index is 2.43. The van der Waals surface area contributed by atoms with Gasteiger partial charge in [-0.1, -0.05) is 42.5 Å². The van der Waals surface area contributed by atoms with Crippen LogP contribution in [0.25, 0.3) is 27.2 Å². The second kappa shape index (κ2) is 3.34. The topological polar surface area (TPSA) is 4.41 Å². The van der Waals surface area contributed by atoms with Gasteiger partial charge in [0.15, 0.2) is 0 Å². The van der Waals surface area contributed by atoms with Crippen molar-refractivity contribution in [2.75, 3.05) is 0 Å². The molecule has 4 aromatic rings. The molecule has 1 aliphatic rings. The first-order valence-electron chi connectivity index (χ1n) is 6.50. The van der Waals surface area contributed by atoms with E-state index in [9.17, 15) is 0 Å². The third-order valence-corrected chi connectivity index (χ3v) is 5.13. The smallest absolute Gasteiger partial charge is 0.0802 e. The van der Waals surface area contributed by atoms with Gasteiger partial charge in [0.05, 0.1) is 16.1 Å². The largest absolute Gasteiger partial charge is 0.303 e. The van der Waals surface area contributed by atoms with Crippen LogP contribution in [0.1, 0.15) is 5.56 Å². The van der Waals surface area contributed by atoms with Crippen molar-refractivity contribution < 1.29 is 0 Å². The average Bonchev–Trinajstić information content (AvgIpc) is 2.91. The van der Waals surface area contributed by atoms with E-state index in [4.69, 9.17) is 0 Å². The van der Waals surface area contributed by atoms with Crippen LogP contribution in [0.15, 0.2) is 59.6 Å². The molecular formula is C17H11NS. The molecule has 90 valence electrons. The van der Waals surface area contributed by atoms with E-state index in [1.54, 1.807) is 0 Å². The van der Waals surface area contributed by atoms with E-state index < -0.39 is 0 Å². The predicted molar refractivity (Wildman–Crippen MR) is 82.0 cm³/mol. The molecule has 0 N–H and O–H groups in total. The van der Waals surface area contributed by atoms with Gasteiger partial charge in [-0.15, -0.1) is 11.8 Å². The number of para-hydroxylation sites is 1. The van der Waals surface area contributed by atoms with Crippen LogP contribution in [0.5, 0.6) is 0 Å². The van der Waals surface area contributed by atoms with Crippen molar-refractivity contribution in [2.45, 2.75) is 10.8 Å². The van der Waals surface area contributed by atoms with Crippen LogP contribution in [0.3, 0.4) is 0 Å². The Morgan fingerprint density at radius 1 is 0.789 bits per heavy atom. The molecule has 1 nitrogen and oxygen atoms in total. The molecule has 0 amide bonds. The molecule has 1 aliphatic heterocycles. The highest BCUT2D eigenvalue weighted by Gasteiger charge is 2.18. The van der Waals surface area contributed by atoms with E-state index in [2.05, 4.69) is 59.0 Å². The van der Waals surface area contributed by atoms with Crippen LogP contribution in [-0.2, 0) is 5.75 Å². The van der Waals surface area contributed by atoms with E-state index in [1.807, 2.05) is 11.8 Å². The second-order valence-electron chi connectivity index (χ2n) is 5.04. The summed E-state index contributed by atoms with van der Waals surface area (Å²) in [5, 5.41) is 5.45. The van der Waals surface area contributed by atoms with Gasteiger partial charge in [-0.05, 0) is 23.1 Å². The van der Waals surface area contributed by atoms with Gasteiger partial charge in [-0.2, -0.15) is 0 Å². The molecule has 0 atom stereocenters. The maximum atomic E-state index is 2.43. The minimum absolute atomic E-state index is 1.08. The molecule has 19 heavy (non-hydrogen) atoms. The molecule has 2 aromatic carbocycles. The summed E-state index contributed by atoms with van der Waals surface area (Å²) in [7, 11) is 0. The summed E-state index contributed by atoms with van der Waals surface area (Å²) in [6, 6.07) is 19.9. The molecule has 0 aliphatic carbocycles. The molecule has 0 radical (unpaired) electrons. The van der Waals surface area contributed by atoms with Crippen molar-refractivity contribution in [2.24, 2.45) is 0 Å². The van der Waals surface area contributed by atoms with Crippen molar-refractivity contribution in [3.63, 3.8) is 0 Å². The molecule has 3 heterocycles. The fourth-order valence-corrected chi connectivity index (χ4v) is 4.27. The van der Waals surface area contributed by atoms with Crippen molar-refractivity contribution >= 4 is 39.0 Å². The second-order valence-corrected chi connectivity index (χ2v) is 6.04.